The van der Waals surface area contributed by atoms with Crippen LogP contribution in [0.1, 0.15) is 19.8 Å². The van der Waals surface area contributed by atoms with Crippen molar-refractivity contribution < 1.29 is 23.1 Å². The molecule has 0 aromatic carbocycles. The lowest BCUT2D eigenvalue weighted by atomic mass is 10.2. The van der Waals surface area contributed by atoms with Crippen LogP contribution in [0, 0.1) is 0 Å². The molecular formula is C9H17NO5S. The van der Waals surface area contributed by atoms with Gasteiger partial charge in [-0.1, -0.05) is 0 Å². The maximum atomic E-state index is 12.0. The fourth-order valence-electron chi connectivity index (χ4n) is 1.56. The molecule has 1 rings (SSSR count). The third kappa shape index (κ3) is 2.72. The molecule has 0 aromatic heterocycles. The standard InChI is InChI=1S/C9H17NO5S/c1-7(9(11)12)10(2)16(13,14)8-4-3-5-15-6-8/h7-8H,3-6H2,1-2H3,(H,11,12). The molecule has 1 fully saturated rings. The van der Waals surface area contributed by atoms with Crippen LogP contribution >= 0.6 is 0 Å². The van der Waals surface area contributed by atoms with Gasteiger partial charge in [-0.25, -0.2) is 8.42 Å². The van der Waals surface area contributed by atoms with Crippen LogP contribution in [0.25, 0.3) is 0 Å². The fraction of sp³-hybridized carbons (Fsp3) is 0.889. The van der Waals surface area contributed by atoms with Crippen LogP contribution in [-0.4, -0.2) is 55.4 Å². The van der Waals surface area contributed by atoms with E-state index >= 15 is 0 Å². The van der Waals surface area contributed by atoms with Gasteiger partial charge in [0, 0.05) is 13.7 Å². The molecule has 2 unspecified atom stereocenters. The van der Waals surface area contributed by atoms with Gasteiger partial charge in [-0.15, -0.1) is 0 Å². The number of ether oxygens (including phenoxy) is 1. The molecular weight excluding hydrogens is 234 g/mol. The molecule has 1 heterocycles. The van der Waals surface area contributed by atoms with Crippen molar-refractivity contribution in [3.05, 3.63) is 0 Å². The van der Waals surface area contributed by atoms with Crippen molar-refractivity contribution >= 4 is 16.0 Å². The lowest BCUT2D eigenvalue weighted by Gasteiger charge is -2.29. The highest BCUT2D eigenvalue weighted by Crippen LogP contribution is 2.19. The Balaban J connectivity index is 2.79. The Labute approximate surface area is 95.2 Å². The van der Waals surface area contributed by atoms with Gasteiger partial charge in [-0.05, 0) is 19.8 Å². The van der Waals surface area contributed by atoms with Crippen LogP contribution in [0.3, 0.4) is 0 Å². The Morgan fingerprint density at radius 3 is 2.62 bits per heavy atom. The summed E-state index contributed by atoms with van der Waals surface area (Å²) in [6, 6.07) is -1.05. The van der Waals surface area contributed by atoms with Gasteiger partial charge < -0.3 is 9.84 Å². The molecule has 0 saturated carbocycles. The first-order valence-corrected chi connectivity index (χ1v) is 6.65. The molecule has 1 aliphatic heterocycles. The molecule has 0 amide bonds. The summed E-state index contributed by atoms with van der Waals surface area (Å²) in [6.07, 6.45) is 1.22. The van der Waals surface area contributed by atoms with E-state index in [0.29, 0.717) is 19.4 Å². The third-order valence-electron chi connectivity index (χ3n) is 2.84. The summed E-state index contributed by atoms with van der Waals surface area (Å²) in [4.78, 5) is 10.7. The average Bonchev–Trinajstić information content (AvgIpc) is 2.28. The number of carboxylic acid groups (broad SMARTS) is 1. The van der Waals surface area contributed by atoms with E-state index in [1.165, 1.54) is 14.0 Å². The number of aliphatic carboxylic acids is 1. The number of hydrogen-bond donors (Lipinski definition) is 1. The monoisotopic (exact) mass is 251 g/mol. The van der Waals surface area contributed by atoms with Crippen molar-refractivity contribution in [1.82, 2.24) is 4.31 Å². The predicted molar refractivity (Wildman–Crippen MR) is 57.6 cm³/mol. The number of likely N-dealkylation sites (N-methyl/N-ethyl adjacent to an activating group) is 1. The molecule has 16 heavy (non-hydrogen) atoms. The van der Waals surface area contributed by atoms with E-state index < -0.39 is 27.3 Å². The molecule has 0 aliphatic carbocycles. The number of rotatable bonds is 4. The SMILES string of the molecule is CC(C(=O)O)N(C)S(=O)(=O)C1CCCOC1. The summed E-state index contributed by atoms with van der Waals surface area (Å²) in [5.41, 5.74) is 0. The molecule has 94 valence electrons. The summed E-state index contributed by atoms with van der Waals surface area (Å²) in [7, 11) is -2.28. The van der Waals surface area contributed by atoms with Crippen LogP contribution in [-0.2, 0) is 19.6 Å². The van der Waals surface area contributed by atoms with Gasteiger partial charge in [-0.2, -0.15) is 4.31 Å². The first-order valence-electron chi connectivity index (χ1n) is 5.14. The first kappa shape index (κ1) is 13.4. The van der Waals surface area contributed by atoms with Gasteiger partial charge in [0.25, 0.3) is 0 Å². The molecule has 2 atom stereocenters. The zero-order chi connectivity index (χ0) is 12.3. The van der Waals surface area contributed by atoms with Gasteiger partial charge >= 0.3 is 5.97 Å². The minimum absolute atomic E-state index is 0.152. The molecule has 0 bridgehead atoms. The quantitative estimate of drug-likeness (QED) is 0.754. The van der Waals surface area contributed by atoms with E-state index in [4.69, 9.17) is 9.84 Å². The Morgan fingerprint density at radius 2 is 2.19 bits per heavy atom. The van der Waals surface area contributed by atoms with Crippen molar-refractivity contribution in [2.24, 2.45) is 0 Å². The average molecular weight is 251 g/mol. The summed E-state index contributed by atoms with van der Waals surface area (Å²) in [6.45, 7) is 2.08. The summed E-state index contributed by atoms with van der Waals surface area (Å²) < 4.78 is 30.0. The van der Waals surface area contributed by atoms with Crippen molar-refractivity contribution in [2.75, 3.05) is 20.3 Å². The Hall–Kier alpha value is -0.660. The van der Waals surface area contributed by atoms with Crippen LogP contribution < -0.4 is 0 Å². The minimum Gasteiger partial charge on any atom is -0.480 e. The van der Waals surface area contributed by atoms with E-state index in [9.17, 15) is 13.2 Å². The fourth-order valence-corrected chi connectivity index (χ4v) is 3.29. The first-order chi connectivity index (χ1) is 7.37. The Morgan fingerprint density at radius 1 is 1.56 bits per heavy atom. The largest absolute Gasteiger partial charge is 0.480 e. The summed E-state index contributed by atoms with van der Waals surface area (Å²) in [5.74, 6) is -1.15. The van der Waals surface area contributed by atoms with Gasteiger partial charge in [0.2, 0.25) is 10.0 Å². The molecule has 7 heteroatoms. The van der Waals surface area contributed by atoms with Crippen LogP contribution in [0.2, 0.25) is 0 Å². The Kier molecular flexibility index (Phi) is 4.28. The molecule has 1 N–H and O–H groups in total. The van der Waals surface area contributed by atoms with Crippen molar-refractivity contribution in [1.29, 1.82) is 0 Å². The Bertz CT molecular complexity index is 347. The molecule has 0 spiro atoms. The molecule has 1 saturated heterocycles. The van der Waals surface area contributed by atoms with E-state index in [1.807, 2.05) is 0 Å². The highest BCUT2D eigenvalue weighted by Gasteiger charge is 2.35. The maximum Gasteiger partial charge on any atom is 0.321 e. The van der Waals surface area contributed by atoms with Gasteiger partial charge in [0.05, 0.1) is 11.9 Å². The lowest BCUT2D eigenvalue weighted by Crippen LogP contribution is -2.47. The molecule has 6 nitrogen and oxygen atoms in total. The van der Waals surface area contributed by atoms with E-state index in [1.54, 1.807) is 0 Å². The zero-order valence-corrected chi connectivity index (χ0v) is 10.2. The van der Waals surface area contributed by atoms with E-state index in [-0.39, 0.29) is 6.61 Å². The van der Waals surface area contributed by atoms with E-state index in [2.05, 4.69) is 0 Å². The van der Waals surface area contributed by atoms with Gasteiger partial charge in [-0.3, -0.25) is 4.79 Å². The number of hydrogen-bond acceptors (Lipinski definition) is 4. The van der Waals surface area contributed by atoms with Gasteiger partial charge in [0.15, 0.2) is 0 Å². The zero-order valence-electron chi connectivity index (χ0n) is 9.42. The normalized spacial score (nSPS) is 24.3. The molecule has 0 aromatic rings. The predicted octanol–water partition coefficient (Wildman–Crippen LogP) is -0.0999. The van der Waals surface area contributed by atoms with Crippen molar-refractivity contribution in [3.63, 3.8) is 0 Å². The van der Waals surface area contributed by atoms with Crippen LogP contribution in [0.4, 0.5) is 0 Å². The number of carboxylic acids is 1. The molecule has 0 radical (unpaired) electrons. The second-order valence-electron chi connectivity index (χ2n) is 3.91. The molecule has 1 aliphatic rings. The smallest absolute Gasteiger partial charge is 0.321 e. The van der Waals surface area contributed by atoms with Crippen molar-refractivity contribution in [2.45, 2.75) is 31.1 Å². The third-order valence-corrected chi connectivity index (χ3v) is 5.18. The highest BCUT2D eigenvalue weighted by atomic mass is 32.2. The van der Waals surface area contributed by atoms with Crippen LogP contribution in [0.15, 0.2) is 0 Å². The number of nitrogens with zero attached hydrogens (tertiary/aromatic N) is 1. The summed E-state index contributed by atoms with van der Waals surface area (Å²) >= 11 is 0. The lowest BCUT2D eigenvalue weighted by molar-refractivity contribution is -0.140. The van der Waals surface area contributed by atoms with Crippen LogP contribution in [0.5, 0.6) is 0 Å². The second-order valence-corrected chi connectivity index (χ2v) is 6.19. The maximum absolute atomic E-state index is 12.0. The topological polar surface area (TPSA) is 83.9 Å². The highest BCUT2D eigenvalue weighted by molar-refractivity contribution is 7.89. The van der Waals surface area contributed by atoms with Gasteiger partial charge in [0.1, 0.15) is 6.04 Å². The second kappa shape index (κ2) is 5.11. The number of carbonyl (C=O) groups is 1. The minimum atomic E-state index is -3.58. The van der Waals surface area contributed by atoms with Crippen molar-refractivity contribution in [3.8, 4) is 0 Å². The number of sulfonamides is 1. The van der Waals surface area contributed by atoms with E-state index in [0.717, 1.165) is 4.31 Å². The summed E-state index contributed by atoms with van der Waals surface area (Å²) in [5, 5.41) is 8.16.